The fourth-order valence-electron chi connectivity index (χ4n) is 14.0. The highest BCUT2D eigenvalue weighted by Crippen LogP contribution is 2.29. The molecule has 0 spiro atoms. The Kier molecular flexibility index (Phi) is 35.3. The van der Waals surface area contributed by atoms with E-state index in [1.54, 1.807) is 34.6 Å². The molecule has 0 radical (unpaired) electrons. The Balaban J connectivity index is 0.000000157. The fourth-order valence-corrected chi connectivity index (χ4v) is 14.0. The number of hydrogen-bond acceptors (Lipinski definition) is 0. The first-order valence-electron chi connectivity index (χ1n) is 43.6. The lowest BCUT2D eigenvalue weighted by Crippen LogP contribution is -1.91. The summed E-state index contributed by atoms with van der Waals surface area (Å²) in [6.07, 6.45) is 11.6. The molecule has 0 aliphatic carbocycles. The summed E-state index contributed by atoms with van der Waals surface area (Å²) >= 11 is 0. The first kappa shape index (κ1) is 96.0. The molecule has 650 valence electrons. The van der Waals surface area contributed by atoms with Crippen molar-refractivity contribution in [3.63, 3.8) is 0 Å². The van der Waals surface area contributed by atoms with Crippen molar-refractivity contribution >= 4 is 0 Å². The lowest BCUT2D eigenvalue weighted by atomic mass is 10.0. The summed E-state index contributed by atoms with van der Waals surface area (Å²) in [6.45, 7) is 19.0. The molecule has 0 aromatic heterocycles. The molecule has 0 bridgehead atoms. The van der Waals surface area contributed by atoms with Gasteiger partial charge >= 0.3 is 0 Å². The van der Waals surface area contributed by atoms with Gasteiger partial charge in [0.2, 0.25) is 0 Å². The van der Waals surface area contributed by atoms with E-state index in [0.29, 0.717) is 38.9 Å². The average Bonchev–Trinajstić information content (AvgIpc) is 0.835. The molecular formula is C120H100F10. The summed E-state index contributed by atoms with van der Waals surface area (Å²) in [4.78, 5) is 0. The maximum atomic E-state index is 13.9. The first-order valence-corrected chi connectivity index (χ1v) is 43.6. The van der Waals surface area contributed by atoms with Crippen LogP contribution in [0.25, 0.3) is 55.6 Å². The van der Waals surface area contributed by atoms with E-state index in [2.05, 4.69) is 208 Å². The van der Waals surface area contributed by atoms with Crippen molar-refractivity contribution in [3.8, 4) is 115 Å². The monoisotopic (exact) mass is 1730 g/mol. The first-order chi connectivity index (χ1) is 62.8. The van der Waals surface area contributed by atoms with E-state index in [-0.39, 0.29) is 27.8 Å². The molecule has 0 nitrogen and oxygen atoms in total. The highest BCUT2D eigenvalue weighted by Gasteiger charge is 2.14. The standard InChI is InChI=1S/C26H24F2.C25H22F2.C24H20F2.C23H18F2.C22H16F2/c1-3-4-5-6-20-7-12-22(13-8-20)23-14-9-21(10-15-23)11-16-24-25(27)17-19(2)18-26(24)28;1-3-4-5-19-6-11-21(12-7-19)22-13-8-20(9-14-22)10-15-23-24(26)16-18(2)17-25(23)27;1-3-4-18-5-10-20(11-6-18)21-12-7-19(8-13-21)9-14-22-23(25)15-17(2)16-24(22)26;1-3-17-4-9-19(10-5-17)20-11-6-18(7-12-20)8-13-21-22(24)14-16(2)15-23(21)25;1-15-3-8-18(9-4-15)19-10-5-17(6-11-19)7-12-20-21(23)13-16(2)14-22(20)24/h7-10,12-15,17-18H,3-6H2,1-2H3;6-9,11-14,16-17H,3-5H2,1-2H3;5-8,10-13,15-16H,3-4H2,1-2H3;4-7,9-12,14-15H,3H2,1-2H3;3-6,8-11,13-14H,1-2H3. The third-order valence-corrected chi connectivity index (χ3v) is 21.4. The molecule has 0 N–H and O–H groups in total. The number of halogens is 10. The van der Waals surface area contributed by atoms with Gasteiger partial charge in [-0.05, 0) is 307 Å². The topological polar surface area (TPSA) is 0 Å². The molecular weight excluding hydrogens is 1630 g/mol. The third kappa shape index (κ3) is 28.5. The molecule has 0 unspecified atom stereocenters. The van der Waals surface area contributed by atoms with E-state index in [1.165, 1.54) is 121 Å². The number of benzene rings is 15. The lowest BCUT2D eigenvalue weighted by molar-refractivity contribution is 0.575. The summed E-state index contributed by atoms with van der Waals surface area (Å²) in [5, 5.41) is 0. The SMILES string of the molecule is CCCCCc1ccc(-c2ccc(C#Cc3c(F)cc(C)cc3F)cc2)cc1.CCCCc1ccc(-c2ccc(C#Cc3c(F)cc(C)cc3F)cc2)cc1.CCCc1ccc(-c2ccc(C#Cc3c(F)cc(C)cc3F)cc2)cc1.CCc1ccc(-c2ccc(C#Cc3c(F)cc(C)cc3F)cc2)cc1.Cc1ccc(-c2ccc(C#Cc3c(F)cc(C)cc3F)cc2)cc1. The summed E-state index contributed by atoms with van der Waals surface area (Å²) in [5.41, 5.74) is 23.0. The second-order valence-electron chi connectivity index (χ2n) is 32.0. The number of aryl methyl sites for hydroxylation is 10. The molecule has 130 heavy (non-hydrogen) atoms. The minimum atomic E-state index is -0.628. The average molecular weight is 1730 g/mol. The quantitative estimate of drug-likeness (QED) is 0.0545. The molecule has 0 fully saturated rings. The minimum Gasteiger partial charge on any atom is -0.206 e. The molecule has 0 amide bonds. The Labute approximate surface area is 760 Å². The lowest BCUT2D eigenvalue weighted by Gasteiger charge is -2.05. The van der Waals surface area contributed by atoms with Crippen LogP contribution in [0.1, 0.15) is 177 Å². The van der Waals surface area contributed by atoms with Crippen molar-refractivity contribution in [2.24, 2.45) is 0 Å². The van der Waals surface area contributed by atoms with Crippen LogP contribution >= 0.6 is 0 Å². The van der Waals surface area contributed by atoms with E-state index in [9.17, 15) is 43.9 Å². The maximum Gasteiger partial charge on any atom is 0.142 e. The van der Waals surface area contributed by atoms with Crippen molar-refractivity contribution < 1.29 is 43.9 Å². The van der Waals surface area contributed by atoms with E-state index < -0.39 is 58.2 Å². The zero-order valence-corrected chi connectivity index (χ0v) is 74.7. The van der Waals surface area contributed by atoms with Gasteiger partial charge < -0.3 is 0 Å². The van der Waals surface area contributed by atoms with Gasteiger partial charge in [-0.2, -0.15) is 0 Å². The predicted octanol–water partition coefficient (Wildman–Crippen LogP) is 31.6. The van der Waals surface area contributed by atoms with Crippen molar-refractivity contribution in [1.82, 2.24) is 0 Å². The molecule has 0 saturated heterocycles. The van der Waals surface area contributed by atoms with Crippen LogP contribution in [-0.4, -0.2) is 0 Å². The molecule has 0 saturated carbocycles. The van der Waals surface area contributed by atoms with Crippen LogP contribution in [-0.2, 0) is 25.7 Å². The summed E-state index contributed by atoms with van der Waals surface area (Å²) in [7, 11) is 0. The summed E-state index contributed by atoms with van der Waals surface area (Å²) in [6, 6.07) is 93.7. The molecule has 15 aromatic carbocycles. The van der Waals surface area contributed by atoms with Crippen LogP contribution in [0.3, 0.4) is 0 Å². The van der Waals surface area contributed by atoms with Crippen molar-refractivity contribution in [3.05, 3.63) is 473 Å². The van der Waals surface area contributed by atoms with Crippen molar-refractivity contribution in [2.75, 3.05) is 0 Å². The van der Waals surface area contributed by atoms with E-state index in [4.69, 9.17) is 0 Å². The van der Waals surface area contributed by atoms with Gasteiger partial charge in [0.15, 0.2) is 0 Å². The number of rotatable bonds is 15. The van der Waals surface area contributed by atoms with Crippen LogP contribution in [0.2, 0.25) is 0 Å². The second-order valence-corrected chi connectivity index (χ2v) is 32.0. The van der Waals surface area contributed by atoms with E-state index in [1.807, 2.05) is 128 Å². The smallest absolute Gasteiger partial charge is 0.142 e. The Morgan fingerprint density at radius 2 is 0.346 bits per heavy atom. The van der Waals surface area contributed by atoms with Gasteiger partial charge in [0.1, 0.15) is 58.2 Å². The normalized spacial score (nSPS) is 10.3. The van der Waals surface area contributed by atoms with E-state index in [0.717, 1.165) is 104 Å². The molecule has 0 aliphatic heterocycles. The molecule has 15 aromatic rings. The highest BCUT2D eigenvalue weighted by atomic mass is 19.2. The number of unbranched alkanes of at least 4 members (excludes halogenated alkanes) is 3. The van der Waals surface area contributed by atoms with Crippen LogP contribution in [0.15, 0.2) is 303 Å². The molecule has 0 heterocycles. The predicted molar refractivity (Wildman–Crippen MR) is 515 cm³/mol. The fraction of sp³-hybridized carbons (Fsp3) is 0.167. The Bertz CT molecular complexity index is 6570. The zero-order chi connectivity index (χ0) is 92.6. The van der Waals surface area contributed by atoms with E-state index >= 15 is 0 Å². The van der Waals surface area contributed by atoms with Crippen LogP contribution in [0, 0.1) is 159 Å². The Morgan fingerprint density at radius 3 is 0.538 bits per heavy atom. The maximum absolute atomic E-state index is 13.9. The van der Waals surface area contributed by atoms with Crippen molar-refractivity contribution in [1.29, 1.82) is 0 Å². The summed E-state index contributed by atoms with van der Waals surface area (Å²) < 4.78 is 138. The molecule has 0 atom stereocenters. The second kappa shape index (κ2) is 47.8. The molecule has 15 rings (SSSR count). The van der Waals surface area contributed by atoms with Gasteiger partial charge in [0, 0.05) is 27.8 Å². The van der Waals surface area contributed by atoms with Gasteiger partial charge in [-0.1, -0.05) is 300 Å². The largest absolute Gasteiger partial charge is 0.206 e. The summed E-state index contributed by atoms with van der Waals surface area (Å²) in [5.74, 6) is 20.9. The Morgan fingerprint density at radius 1 is 0.169 bits per heavy atom. The molecule has 10 heteroatoms. The van der Waals surface area contributed by atoms with Crippen LogP contribution in [0.4, 0.5) is 43.9 Å². The van der Waals surface area contributed by atoms with Crippen molar-refractivity contribution in [2.45, 2.75) is 133 Å². The van der Waals surface area contributed by atoms with Gasteiger partial charge in [-0.25, -0.2) is 43.9 Å². The van der Waals surface area contributed by atoms with Crippen LogP contribution in [0.5, 0.6) is 0 Å². The molecule has 0 aliphatic rings. The van der Waals surface area contributed by atoms with Gasteiger partial charge in [-0.3, -0.25) is 0 Å². The highest BCUT2D eigenvalue weighted by molar-refractivity contribution is 5.70. The van der Waals surface area contributed by atoms with Gasteiger partial charge in [0.25, 0.3) is 0 Å². The number of hydrogen-bond donors (Lipinski definition) is 0. The minimum absolute atomic E-state index is 0.187. The zero-order valence-electron chi connectivity index (χ0n) is 74.7. The van der Waals surface area contributed by atoms with Gasteiger partial charge in [0.05, 0.1) is 27.8 Å². The van der Waals surface area contributed by atoms with Crippen LogP contribution < -0.4 is 0 Å². The van der Waals surface area contributed by atoms with Gasteiger partial charge in [-0.15, -0.1) is 0 Å². The Hall–Kier alpha value is -14.6. The third-order valence-electron chi connectivity index (χ3n) is 21.4.